The first-order valence-corrected chi connectivity index (χ1v) is 10.4. The lowest BCUT2D eigenvalue weighted by atomic mass is 9.95. The van der Waals surface area contributed by atoms with Gasteiger partial charge in [0.25, 0.3) is 11.7 Å². The van der Waals surface area contributed by atoms with Crippen LogP contribution in [0.25, 0.3) is 5.76 Å². The molecule has 4 rings (SSSR count). The number of ether oxygens (including phenoxy) is 2. The van der Waals surface area contributed by atoms with E-state index >= 15 is 0 Å². The number of hydrogen-bond acceptors (Lipinski definition) is 7. The van der Waals surface area contributed by atoms with Crippen LogP contribution >= 0.6 is 0 Å². The summed E-state index contributed by atoms with van der Waals surface area (Å²) in [6.45, 7) is 2.11. The third-order valence-electron chi connectivity index (χ3n) is 5.41. The summed E-state index contributed by atoms with van der Waals surface area (Å²) in [7, 11) is 1.52. The maximum atomic E-state index is 13.1. The third-order valence-corrected chi connectivity index (χ3v) is 5.41. The zero-order valence-electron chi connectivity index (χ0n) is 18.1. The average molecular weight is 449 g/mol. The number of hydrogen-bond donors (Lipinski definition) is 2. The van der Waals surface area contributed by atoms with Crippen LogP contribution in [-0.2, 0) is 16.1 Å². The van der Waals surface area contributed by atoms with E-state index in [2.05, 4.69) is 0 Å². The van der Waals surface area contributed by atoms with Crippen LogP contribution in [0.15, 0.2) is 70.9 Å². The van der Waals surface area contributed by atoms with E-state index < -0.39 is 17.7 Å². The molecule has 0 unspecified atom stereocenters. The molecule has 1 aliphatic rings. The van der Waals surface area contributed by atoms with Crippen molar-refractivity contribution < 1.29 is 33.7 Å². The first kappa shape index (κ1) is 22.0. The monoisotopic (exact) mass is 449 g/mol. The van der Waals surface area contributed by atoms with Gasteiger partial charge in [-0.05, 0) is 61.0 Å². The van der Waals surface area contributed by atoms with Crippen molar-refractivity contribution in [1.82, 2.24) is 4.90 Å². The molecule has 1 saturated heterocycles. The molecule has 0 saturated carbocycles. The Bertz CT molecular complexity index is 1200. The molecule has 8 nitrogen and oxygen atoms in total. The number of aromatic hydroxyl groups is 1. The molecular formula is C25H23NO7. The molecule has 0 aliphatic carbocycles. The summed E-state index contributed by atoms with van der Waals surface area (Å²) in [6, 6.07) is 13.6. The minimum atomic E-state index is -0.919. The van der Waals surface area contributed by atoms with Gasteiger partial charge in [0.1, 0.15) is 17.3 Å². The fourth-order valence-corrected chi connectivity index (χ4v) is 3.84. The number of benzene rings is 2. The minimum Gasteiger partial charge on any atom is -0.507 e. The molecule has 3 aromatic rings. The van der Waals surface area contributed by atoms with Crippen LogP contribution in [0.5, 0.6) is 17.2 Å². The number of rotatable bonds is 7. The lowest BCUT2D eigenvalue weighted by molar-refractivity contribution is -0.140. The number of Topliss-reactive ketones (excluding diaryl/α,β-unsaturated/α-hetero) is 1. The largest absolute Gasteiger partial charge is 0.507 e. The molecule has 0 spiro atoms. The molecule has 2 aromatic carbocycles. The molecule has 0 bridgehead atoms. The summed E-state index contributed by atoms with van der Waals surface area (Å²) >= 11 is 0. The highest BCUT2D eigenvalue weighted by Crippen LogP contribution is 2.42. The number of likely N-dealkylation sites (tertiary alicyclic amines) is 1. The molecule has 1 fully saturated rings. The molecule has 2 N–H and O–H groups in total. The van der Waals surface area contributed by atoms with E-state index in [1.807, 2.05) is 0 Å². The number of aliphatic hydroxyl groups is 1. The van der Waals surface area contributed by atoms with Gasteiger partial charge in [0.05, 0.1) is 38.1 Å². The van der Waals surface area contributed by atoms with Gasteiger partial charge in [0.2, 0.25) is 0 Å². The Balaban J connectivity index is 1.87. The second-order valence-electron chi connectivity index (χ2n) is 7.40. The highest BCUT2D eigenvalue weighted by Gasteiger charge is 2.46. The Morgan fingerprint density at radius 3 is 2.52 bits per heavy atom. The van der Waals surface area contributed by atoms with Crippen molar-refractivity contribution in [2.75, 3.05) is 13.7 Å². The summed E-state index contributed by atoms with van der Waals surface area (Å²) in [5.41, 5.74) is 0.794. The normalized spacial score (nSPS) is 17.4. The van der Waals surface area contributed by atoms with E-state index in [9.17, 15) is 19.8 Å². The molecule has 33 heavy (non-hydrogen) atoms. The van der Waals surface area contributed by atoms with Crippen molar-refractivity contribution >= 4 is 17.4 Å². The number of ketones is 1. The zero-order chi connectivity index (χ0) is 23.5. The Morgan fingerprint density at radius 2 is 1.88 bits per heavy atom. The van der Waals surface area contributed by atoms with E-state index in [1.54, 1.807) is 55.5 Å². The van der Waals surface area contributed by atoms with Gasteiger partial charge in [0.15, 0.2) is 11.5 Å². The van der Waals surface area contributed by atoms with Gasteiger partial charge < -0.3 is 29.0 Å². The summed E-state index contributed by atoms with van der Waals surface area (Å²) in [4.78, 5) is 27.5. The highest BCUT2D eigenvalue weighted by molar-refractivity contribution is 6.46. The Labute approximate surface area is 190 Å². The fraction of sp³-hybridized carbons (Fsp3) is 0.200. The number of nitrogens with zero attached hydrogens (tertiary/aromatic N) is 1. The lowest BCUT2D eigenvalue weighted by Crippen LogP contribution is -2.29. The second kappa shape index (κ2) is 9.12. The number of carbonyl (C=O) groups excluding carboxylic acids is 2. The van der Waals surface area contributed by atoms with E-state index in [1.165, 1.54) is 24.3 Å². The van der Waals surface area contributed by atoms with E-state index in [0.717, 1.165) is 0 Å². The fourth-order valence-electron chi connectivity index (χ4n) is 3.84. The van der Waals surface area contributed by atoms with Crippen molar-refractivity contribution in [3.05, 3.63) is 83.3 Å². The molecule has 1 amide bonds. The van der Waals surface area contributed by atoms with Crippen LogP contribution in [-0.4, -0.2) is 40.5 Å². The first-order chi connectivity index (χ1) is 15.9. The number of methoxy groups -OCH3 is 1. The molecule has 170 valence electrons. The maximum absolute atomic E-state index is 13.1. The number of furan rings is 1. The van der Waals surface area contributed by atoms with Crippen molar-refractivity contribution in [1.29, 1.82) is 0 Å². The summed E-state index contributed by atoms with van der Waals surface area (Å²) < 4.78 is 16.0. The number of phenolic OH excluding ortho intramolecular Hbond substituents is 1. The number of amides is 1. The summed E-state index contributed by atoms with van der Waals surface area (Å²) in [5.74, 6) is -0.685. The predicted octanol–water partition coefficient (Wildman–Crippen LogP) is 4.01. The van der Waals surface area contributed by atoms with Crippen molar-refractivity contribution in [3.63, 3.8) is 0 Å². The highest BCUT2D eigenvalue weighted by atomic mass is 16.5. The SMILES string of the molecule is CCOc1cc([C@@H]2C(=C(O)c3ccc(OC)cc3)C(=O)C(=O)N2Cc2ccco2)ccc1O. The van der Waals surface area contributed by atoms with E-state index in [4.69, 9.17) is 13.9 Å². The smallest absolute Gasteiger partial charge is 0.296 e. The van der Waals surface area contributed by atoms with Crippen LogP contribution in [0.3, 0.4) is 0 Å². The Kier molecular flexibility index (Phi) is 6.08. The van der Waals surface area contributed by atoms with Crippen molar-refractivity contribution in [3.8, 4) is 17.2 Å². The van der Waals surface area contributed by atoms with Crippen LogP contribution < -0.4 is 9.47 Å². The number of phenols is 1. The third kappa shape index (κ3) is 4.15. The van der Waals surface area contributed by atoms with Gasteiger partial charge in [0, 0.05) is 5.56 Å². The summed E-state index contributed by atoms with van der Waals surface area (Å²) in [5, 5.41) is 21.2. The molecule has 0 radical (unpaired) electrons. The molecule has 1 atom stereocenters. The van der Waals surface area contributed by atoms with Gasteiger partial charge in [-0.15, -0.1) is 0 Å². The average Bonchev–Trinajstić information content (AvgIpc) is 3.43. The lowest BCUT2D eigenvalue weighted by Gasteiger charge is -2.25. The molecule has 2 heterocycles. The predicted molar refractivity (Wildman–Crippen MR) is 119 cm³/mol. The van der Waals surface area contributed by atoms with Crippen LogP contribution in [0.4, 0.5) is 0 Å². The summed E-state index contributed by atoms with van der Waals surface area (Å²) in [6.07, 6.45) is 1.48. The molecular weight excluding hydrogens is 426 g/mol. The minimum absolute atomic E-state index is 0.0203. The topological polar surface area (TPSA) is 109 Å². The quantitative estimate of drug-likeness (QED) is 0.319. The zero-order valence-corrected chi connectivity index (χ0v) is 18.1. The van der Waals surface area contributed by atoms with Crippen LogP contribution in [0, 0.1) is 0 Å². The molecule has 8 heteroatoms. The first-order valence-electron chi connectivity index (χ1n) is 10.4. The van der Waals surface area contributed by atoms with Gasteiger partial charge in [-0.25, -0.2) is 0 Å². The standard InChI is InChI=1S/C25H23NO7/c1-3-32-20-13-16(8-11-19(20)27)22-21(23(28)15-6-9-17(31-2)10-7-15)24(29)25(30)26(22)14-18-5-4-12-33-18/h4-13,22,27-28H,3,14H2,1-2H3/t22-/m1/s1. The maximum Gasteiger partial charge on any atom is 0.296 e. The van der Waals surface area contributed by atoms with Crippen molar-refractivity contribution in [2.45, 2.75) is 19.5 Å². The van der Waals surface area contributed by atoms with Crippen LogP contribution in [0.1, 0.15) is 29.9 Å². The molecule has 1 aromatic heterocycles. The van der Waals surface area contributed by atoms with Gasteiger partial charge in [-0.1, -0.05) is 6.07 Å². The van der Waals surface area contributed by atoms with Crippen LogP contribution in [0.2, 0.25) is 0 Å². The molecule has 1 aliphatic heterocycles. The Hall–Kier alpha value is -4.20. The van der Waals surface area contributed by atoms with Gasteiger partial charge in [-0.2, -0.15) is 0 Å². The van der Waals surface area contributed by atoms with Crippen molar-refractivity contribution in [2.24, 2.45) is 0 Å². The van der Waals surface area contributed by atoms with E-state index in [0.29, 0.717) is 29.2 Å². The van der Waals surface area contributed by atoms with E-state index in [-0.39, 0.29) is 29.4 Å². The number of aliphatic hydroxyl groups excluding tert-OH is 1. The number of carbonyl (C=O) groups is 2. The van der Waals surface area contributed by atoms with Gasteiger partial charge >= 0.3 is 0 Å². The van der Waals surface area contributed by atoms with Gasteiger partial charge in [-0.3, -0.25) is 9.59 Å². The Morgan fingerprint density at radius 1 is 1.12 bits per heavy atom. The second-order valence-corrected chi connectivity index (χ2v) is 7.40.